The first-order valence-electron chi connectivity index (χ1n) is 9.68. The van der Waals surface area contributed by atoms with Crippen LogP contribution in [0.4, 0.5) is 21.5 Å². The molecule has 0 aliphatic carbocycles. The average Bonchev–Trinajstić information content (AvgIpc) is 3.09. The van der Waals surface area contributed by atoms with Gasteiger partial charge in [-0.2, -0.15) is 0 Å². The normalized spacial score (nSPS) is 11.9. The van der Waals surface area contributed by atoms with Gasteiger partial charge in [0, 0.05) is 24.8 Å². The predicted molar refractivity (Wildman–Crippen MR) is 118 cm³/mol. The lowest BCUT2D eigenvalue weighted by Gasteiger charge is -2.16. The van der Waals surface area contributed by atoms with E-state index in [0.717, 1.165) is 29.6 Å². The molecule has 3 rings (SSSR count). The molecule has 3 aromatic rings. The van der Waals surface area contributed by atoms with E-state index in [9.17, 15) is 0 Å². The van der Waals surface area contributed by atoms with Crippen LogP contribution in [0.25, 0.3) is 0 Å². The van der Waals surface area contributed by atoms with Crippen molar-refractivity contribution in [1.82, 2.24) is 0 Å². The Bertz CT molecular complexity index is 905. The quantitative estimate of drug-likeness (QED) is 0.442. The molecule has 0 fully saturated rings. The fourth-order valence-electron chi connectivity index (χ4n) is 2.99. The third kappa shape index (κ3) is 6.02. The van der Waals surface area contributed by atoms with Crippen molar-refractivity contribution in [2.24, 2.45) is 17.3 Å². The van der Waals surface area contributed by atoms with Gasteiger partial charge in [-0.1, -0.05) is 30.3 Å². The van der Waals surface area contributed by atoms with E-state index in [4.69, 9.17) is 0 Å². The number of hydrogen-bond acceptors (Lipinski definition) is 5. The topological polar surface area (TPSA) is 43.9 Å². The molecule has 1 aromatic heterocycles. The molecule has 1 heterocycles. The van der Waals surface area contributed by atoms with Gasteiger partial charge in [-0.15, -0.1) is 0 Å². The van der Waals surface area contributed by atoms with Crippen LogP contribution in [0.1, 0.15) is 32.4 Å². The van der Waals surface area contributed by atoms with Gasteiger partial charge in [-0.05, 0) is 67.1 Å². The van der Waals surface area contributed by atoms with Gasteiger partial charge in [-0.25, -0.2) is 4.57 Å². The van der Waals surface area contributed by atoms with Crippen molar-refractivity contribution in [3.63, 3.8) is 0 Å². The molecule has 0 aliphatic rings. The van der Waals surface area contributed by atoms with Crippen LogP contribution in [0.3, 0.4) is 0 Å². The second-order valence-electron chi connectivity index (χ2n) is 6.66. The summed E-state index contributed by atoms with van der Waals surface area (Å²) in [6.45, 7) is 8.47. The monoisotopic (exact) mass is 429 g/mol. The number of aromatic nitrogens is 1. The Labute approximate surface area is 183 Å². The van der Waals surface area contributed by atoms with Gasteiger partial charge >= 0.3 is 5.13 Å². The summed E-state index contributed by atoms with van der Waals surface area (Å²) in [7, 11) is 2.01. The summed E-state index contributed by atoms with van der Waals surface area (Å²) in [5.41, 5.74) is 3.18. The van der Waals surface area contributed by atoms with Crippen LogP contribution >= 0.6 is 11.3 Å². The molecule has 1 N–H and O–H groups in total. The molecule has 5 nitrogen and oxygen atoms in total. The molecule has 0 amide bonds. The van der Waals surface area contributed by atoms with Crippen LogP contribution in [0.5, 0.6) is 0 Å². The molecule has 0 radical (unpaired) electrons. The Morgan fingerprint density at radius 1 is 1.00 bits per heavy atom. The highest BCUT2D eigenvalue weighted by molar-refractivity contribution is 7.18. The number of benzene rings is 2. The highest BCUT2D eigenvalue weighted by Crippen LogP contribution is 2.29. The summed E-state index contributed by atoms with van der Waals surface area (Å²) in [6, 6.07) is 18.7. The van der Waals surface area contributed by atoms with Crippen LogP contribution in [-0.2, 0) is 7.05 Å². The summed E-state index contributed by atoms with van der Waals surface area (Å²) in [4.78, 5) is 2.32. The van der Waals surface area contributed by atoms with Gasteiger partial charge in [-0.3, -0.25) is 0 Å². The number of hydrogen-bond donors (Lipinski definition) is 1. The van der Waals surface area contributed by atoms with Gasteiger partial charge in [0.25, 0.3) is 0 Å². The van der Waals surface area contributed by atoms with Crippen LogP contribution in [0.2, 0.25) is 0 Å². The molecule has 0 spiro atoms. The number of azo groups is 1. The molecule has 2 aromatic carbocycles. The zero-order valence-corrected chi connectivity index (χ0v) is 18.9. The first-order valence-corrected chi connectivity index (χ1v) is 10.5. The lowest BCUT2D eigenvalue weighted by Crippen LogP contribution is -3.00. The van der Waals surface area contributed by atoms with Gasteiger partial charge in [0.1, 0.15) is 16.9 Å². The van der Waals surface area contributed by atoms with Gasteiger partial charge in [0.05, 0.1) is 12.2 Å². The van der Waals surface area contributed by atoms with Crippen molar-refractivity contribution in [3.8, 4) is 0 Å². The summed E-state index contributed by atoms with van der Waals surface area (Å²) < 4.78 is 2.03. The number of rotatable bonds is 8. The van der Waals surface area contributed by atoms with E-state index in [2.05, 4.69) is 71.7 Å². The largest absolute Gasteiger partial charge is 1.00 e. The van der Waals surface area contributed by atoms with E-state index in [0.29, 0.717) is 0 Å². The number of thiazole rings is 1. The van der Waals surface area contributed by atoms with E-state index in [1.54, 1.807) is 11.3 Å². The zero-order valence-electron chi connectivity index (χ0n) is 17.3. The van der Waals surface area contributed by atoms with E-state index in [1.807, 2.05) is 41.9 Å². The van der Waals surface area contributed by atoms with Crippen molar-refractivity contribution in [2.75, 3.05) is 23.3 Å². The minimum atomic E-state index is 0. The minimum Gasteiger partial charge on any atom is -1.00 e. The lowest BCUT2D eigenvalue weighted by molar-refractivity contribution is -0.653. The molecule has 0 saturated carbocycles. The van der Waals surface area contributed by atoms with Crippen LogP contribution < -0.4 is 27.2 Å². The van der Waals surface area contributed by atoms with Gasteiger partial charge in [0.2, 0.25) is 0 Å². The number of nitrogens with zero attached hydrogens (tertiary/aromatic N) is 4. The van der Waals surface area contributed by atoms with Crippen LogP contribution in [0.15, 0.2) is 71.0 Å². The van der Waals surface area contributed by atoms with Crippen molar-refractivity contribution in [1.29, 1.82) is 0 Å². The maximum Gasteiger partial charge on any atom is 0.410 e. The maximum absolute atomic E-state index is 4.45. The number of nitrogens with one attached hydrogen (secondary N) is 1. The second-order valence-corrected chi connectivity index (χ2v) is 7.65. The predicted octanol–water partition coefficient (Wildman–Crippen LogP) is 3.01. The summed E-state index contributed by atoms with van der Waals surface area (Å²) in [6.07, 6.45) is 2.12. The first kappa shape index (κ1) is 22.8. The van der Waals surface area contributed by atoms with Crippen molar-refractivity contribution >= 4 is 32.8 Å². The van der Waals surface area contributed by atoms with Crippen LogP contribution in [-0.4, -0.2) is 13.1 Å². The Balaban J connectivity index is 0.00000300. The Morgan fingerprint density at radius 3 is 2.28 bits per heavy atom. The number of anilines is 2. The molecule has 1 atom stereocenters. The first-order chi connectivity index (χ1) is 13.6. The fraction of sp³-hybridized carbons (Fsp3) is 0.318. The van der Waals surface area contributed by atoms with Gasteiger partial charge in [0.15, 0.2) is 0 Å². The Morgan fingerprint density at radius 2 is 1.66 bits per heavy atom. The van der Waals surface area contributed by atoms with Gasteiger partial charge < -0.3 is 22.6 Å². The second kappa shape index (κ2) is 10.9. The SMILES string of the molecule is CCN(CC)c1c[n+](C)c(N=Nc2ccc(NC(C)c3ccccc3)cc2)s1.[Cl-]. The molecular formula is C22H28ClN5S. The van der Waals surface area contributed by atoms with E-state index in [1.165, 1.54) is 10.6 Å². The molecule has 0 aliphatic heterocycles. The number of aryl methyl sites for hydroxylation is 1. The molecule has 0 bridgehead atoms. The molecular weight excluding hydrogens is 402 g/mol. The summed E-state index contributed by atoms with van der Waals surface area (Å²) in [5, 5.41) is 14.5. The molecule has 0 saturated heterocycles. The minimum absolute atomic E-state index is 0. The van der Waals surface area contributed by atoms with E-state index >= 15 is 0 Å². The zero-order chi connectivity index (χ0) is 19.9. The van der Waals surface area contributed by atoms with Crippen molar-refractivity contribution < 1.29 is 17.0 Å². The molecule has 7 heteroatoms. The third-order valence-electron chi connectivity index (χ3n) is 4.68. The smallest absolute Gasteiger partial charge is 0.410 e. The lowest BCUT2D eigenvalue weighted by atomic mass is 10.1. The molecule has 1 unspecified atom stereocenters. The standard InChI is InChI=1S/C22H27N5S.ClH/c1-5-27(6-2)21-16-26(4)22(28-21)25-24-20-14-12-19(13-15-20)23-17(3)18-10-8-7-9-11-18;/h7-17H,5-6H2,1-4H3;1H. The highest BCUT2D eigenvalue weighted by atomic mass is 35.5. The van der Waals surface area contributed by atoms with Crippen molar-refractivity contribution in [2.45, 2.75) is 26.8 Å². The van der Waals surface area contributed by atoms with E-state index < -0.39 is 0 Å². The van der Waals surface area contributed by atoms with Crippen molar-refractivity contribution in [3.05, 3.63) is 66.4 Å². The fourth-order valence-corrected chi connectivity index (χ4v) is 4.05. The van der Waals surface area contributed by atoms with Crippen LogP contribution in [0, 0.1) is 0 Å². The highest BCUT2D eigenvalue weighted by Gasteiger charge is 2.16. The summed E-state index contributed by atoms with van der Waals surface area (Å²) in [5.74, 6) is 0. The molecule has 154 valence electrons. The van der Waals surface area contributed by atoms with E-state index in [-0.39, 0.29) is 18.4 Å². The third-order valence-corrected chi connectivity index (χ3v) is 5.80. The Kier molecular flexibility index (Phi) is 8.61. The average molecular weight is 430 g/mol. The maximum atomic E-state index is 4.45. The Hall–Kier alpha value is -2.44. The molecule has 29 heavy (non-hydrogen) atoms. The number of halogens is 1. The summed E-state index contributed by atoms with van der Waals surface area (Å²) >= 11 is 1.66.